The first-order valence-electron chi connectivity index (χ1n) is 8.93. The number of hydrogen-bond acceptors (Lipinski definition) is 5. The van der Waals surface area contributed by atoms with Crippen molar-refractivity contribution >= 4 is 21.5 Å². The minimum Gasteiger partial charge on any atom is -0.497 e. The molecule has 1 aliphatic heterocycles. The Morgan fingerprint density at radius 2 is 1.96 bits per heavy atom. The normalized spacial score (nSPS) is 17.8. The summed E-state index contributed by atoms with van der Waals surface area (Å²) in [5, 5.41) is 0. The van der Waals surface area contributed by atoms with E-state index in [2.05, 4.69) is 21.5 Å². The third kappa shape index (κ3) is 4.09. The van der Waals surface area contributed by atoms with Crippen LogP contribution in [0.25, 0.3) is 0 Å². The molecule has 0 radical (unpaired) electrons. The van der Waals surface area contributed by atoms with Crippen LogP contribution in [-0.4, -0.2) is 33.1 Å². The van der Waals surface area contributed by atoms with Crippen molar-refractivity contribution in [2.45, 2.75) is 43.5 Å². The van der Waals surface area contributed by atoms with Crippen molar-refractivity contribution in [3.05, 3.63) is 42.6 Å². The molecule has 0 amide bonds. The molecule has 1 aromatic heterocycles. The molecule has 2 aromatic rings. The van der Waals surface area contributed by atoms with Gasteiger partial charge in [0.1, 0.15) is 11.6 Å². The van der Waals surface area contributed by atoms with Gasteiger partial charge < -0.3 is 9.64 Å². The molecule has 7 heteroatoms. The van der Waals surface area contributed by atoms with E-state index in [0.717, 1.165) is 18.7 Å². The lowest BCUT2D eigenvalue weighted by molar-refractivity contribution is 0.414. The molecular formula is C19H25N3O3S. The molecule has 1 aliphatic rings. The number of methoxy groups -OCH3 is 1. The lowest BCUT2D eigenvalue weighted by Gasteiger charge is -2.37. The Morgan fingerprint density at radius 3 is 2.58 bits per heavy atom. The van der Waals surface area contributed by atoms with Crippen molar-refractivity contribution < 1.29 is 13.2 Å². The molecule has 3 rings (SSSR count). The number of nitrogens with one attached hydrogen (secondary N) is 1. The summed E-state index contributed by atoms with van der Waals surface area (Å²) in [7, 11) is -2.13. The van der Waals surface area contributed by atoms with E-state index in [1.807, 2.05) is 6.07 Å². The predicted molar refractivity (Wildman–Crippen MR) is 103 cm³/mol. The third-order valence-electron chi connectivity index (χ3n) is 4.79. The molecule has 1 N–H and O–H groups in total. The highest BCUT2D eigenvalue weighted by Gasteiger charge is 2.21. The van der Waals surface area contributed by atoms with E-state index in [-0.39, 0.29) is 4.90 Å². The summed E-state index contributed by atoms with van der Waals surface area (Å²) < 4.78 is 32.6. The maximum absolute atomic E-state index is 12.5. The molecule has 1 saturated heterocycles. The average Bonchev–Trinajstić information content (AvgIpc) is 2.68. The van der Waals surface area contributed by atoms with Crippen LogP contribution in [0.15, 0.2) is 47.5 Å². The second kappa shape index (κ2) is 7.95. The highest BCUT2D eigenvalue weighted by molar-refractivity contribution is 7.92. The molecule has 140 valence electrons. The van der Waals surface area contributed by atoms with Gasteiger partial charge in [-0.1, -0.05) is 6.92 Å². The Morgan fingerprint density at radius 1 is 1.19 bits per heavy atom. The van der Waals surface area contributed by atoms with Crippen molar-refractivity contribution in [3.8, 4) is 5.75 Å². The average molecular weight is 375 g/mol. The Bertz CT molecular complexity index is 820. The predicted octanol–water partition coefficient (Wildman–Crippen LogP) is 3.66. The minimum atomic E-state index is -3.67. The van der Waals surface area contributed by atoms with Crippen molar-refractivity contribution in [3.63, 3.8) is 0 Å². The van der Waals surface area contributed by atoms with Crippen molar-refractivity contribution in [1.82, 2.24) is 4.98 Å². The molecule has 0 saturated carbocycles. The molecule has 26 heavy (non-hydrogen) atoms. The van der Waals surface area contributed by atoms with Crippen LogP contribution < -0.4 is 14.4 Å². The Labute approximate surface area is 155 Å². The molecule has 0 aliphatic carbocycles. The van der Waals surface area contributed by atoms with E-state index in [4.69, 9.17) is 4.74 Å². The number of hydrogen-bond donors (Lipinski definition) is 1. The minimum absolute atomic E-state index is 0.172. The summed E-state index contributed by atoms with van der Waals surface area (Å²) in [4.78, 5) is 6.86. The van der Waals surface area contributed by atoms with Crippen LogP contribution in [0, 0.1) is 0 Å². The van der Waals surface area contributed by atoms with Gasteiger partial charge in [0, 0.05) is 12.6 Å². The molecule has 6 nitrogen and oxygen atoms in total. The number of rotatable bonds is 6. The number of piperidine rings is 1. The van der Waals surface area contributed by atoms with Gasteiger partial charge in [-0.25, -0.2) is 13.4 Å². The van der Waals surface area contributed by atoms with Crippen molar-refractivity contribution in [2.75, 3.05) is 23.3 Å². The highest BCUT2D eigenvalue weighted by atomic mass is 32.2. The number of aromatic nitrogens is 1. The van der Waals surface area contributed by atoms with E-state index in [1.54, 1.807) is 31.5 Å². The highest BCUT2D eigenvalue weighted by Crippen LogP contribution is 2.27. The maximum Gasteiger partial charge on any atom is 0.263 e. The largest absolute Gasteiger partial charge is 0.497 e. The number of nitrogens with zero attached hydrogens (tertiary/aromatic N) is 2. The Hall–Kier alpha value is -2.28. The van der Waals surface area contributed by atoms with Crippen molar-refractivity contribution in [2.24, 2.45) is 0 Å². The fraction of sp³-hybridized carbons (Fsp3) is 0.421. The Balaban J connectivity index is 1.73. The maximum atomic E-state index is 12.5. The smallest absolute Gasteiger partial charge is 0.263 e. The van der Waals surface area contributed by atoms with Crippen LogP contribution in [0.5, 0.6) is 5.75 Å². The zero-order valence-electron chi connectivity index (χ0n) is 15.2. The van der Waals surface area contributed by atoms with Crippen LogP contribution in [0.3, 0.4) is 0 Å². The van der Waals surface area contributed by atoms with E-state index in [0.29, 0.717) is 17.6 Å². The lowest BCUT2D eigenvalue weighted by atomic mass is 9.99. The van der Waals surface area contributed by atoms with Gasteiger partial charge in [-0.3, -0.25) is 4.72 Å². The standard InChI is InChI=1S/C19H25N3O3S/c1-3-15-6-4-5-13-22(15)16-7-12-19(20-14-16)21-26(23,24)18-10-8-17(25-2)9-11-18/h7-12,14-15H,3-6,13H2,1-2H3,(H,20,21). The zero-order valence-corrected chi connectivity index (χ0v) is 16.0. The zero-order chi connectivity index (χ0) is 18.6. The summed E-state index contributed by atoms with van der Waals surface area (Å²) in [6.45, 7) is 3.23. The van der Waals surface area contributed by atoms with E-state index in [9.17, 15) is 8.42 Å². The van der Waals surface area contributed by atoms with Crippen molar-refractivity contribution in [1.29, 1.82) is 0 Å². The summed E-state index contributed by atoms with van der Waals surface area (Å²) in [6.07, 6.45) is 6.50. The molecule has 0 spiro atoms. The molecule has 1 unspecified atom stereocenters. The van der Waals surface area contributed by atoms with Crippen LogP contribution in [0.4, 0.5) is 11.5 Å². The quantitative estimate of drug-likeness (QED) is 0.834. The molecule has 1 aromatic carbocycles. The SMILES string of the molecule is CCC1CCCCN1c1ccc(NS(=O)(=O)c2ccc(OC)cc2)nc1. The van der Waals surface area contributed by atoms with Crippen LogP contribution in [-0.2, 0) is 10.0 Å². The summed E-state index contributed by atoms with van der Waals surface area (Å²) in [5.41, 5.74) is 1.05. The molecule has 1 atom stereocenters. The first kappa shape index (κ1) is 18.5. The molecule has 2 heterocycles. The summed E-state index contributed by atoms with van der Waals surface area (Å²) in [5.74, 6) is 0.924. The number of pyridine rings is 1. The summed E-state index contributed by atoms with van der Waals surface area (Å²) in [6, 6.07) is 10.4. The summed E-state index contributed by atoms with van der Waals surface area (Å²) >= 11 is 0. The van der Waals surface area contributed by atoms with Gasteiger partial charge in [0.25, 0.3) is 10.0 Å². The first-order valence-corrected chi connectivity index (χ1v) is 10.4. The monoisotopic (exact) mass is 375 g/mol. The van der Waals surface area contributed by atoms with Gasteiger partial charge in [0.2, 0.25) is 0 Å². The second-order valence-electron chi connectivity index (χ2n) is 6.43. The van der Waals surface area contributed by atoms with Gasteiger partial charge in [-0.05, 0) is 62.1 Å². The van der Waals surface area contributed by atoms with Gasteiger partial charge in [0.05, 0.1) is 23.9 Å². The first-order chi connectivity index (χ1) is 12.5. The van der Waals surface area contributed by atoms with Gasteiger partial charge >= 0.3 is 0 Å². The van der Waals surface area contributed by atoms with Gasteiger partial charge in [-0.15, -0.1) is 0 Å². The van der Waals surface area contributed by atoms with E-state index in [1.165, 1.54) is 31.4 Å². The number of benzene rings is 1. The lowest BCUT2D eigenvalue weighted by Crippen LogP contribution is -2.39. The Kier molecular flexibility index (Phi) is 5.66. The second-order valence-corrected chi connectivity index (χ2v) is 8.12. The third-order valence-corrected chi connectivity index (χ3v) is 6.16. The van der Waals surface area contributed by atoms with Crippen LogP contribution in [0.2, 0.25) is 0 Å². The van der Waals surface area contributed by atoms with Gasteiger partial charge in [0.15, 0.2) is 0 Å². The fourth-order valence-electron chi connectivity index (χ4n) is 3.33. The number of anilines is 2. The number of sulfonamides is 1. The topological polar surface area (TPSA) is 71.5 Å². The number of ether oxygens (including phenoxy) is 1. The van der Waals surface area contributed by atoms with E-state index >= 15 is 0 Å². The van der Waals surface area contributed by atoms with Gasteiger partial charge in [-0.2, -0.15) is 0 Å². The van der Waals surface area contributed by atoms with Crippen LogP contribution in [0.1, 0.15) is 32.6 Å². The molecule has 0 bridgehead atoms. The van der Waals surface area contributed by atoms with E-state index < -0.39 is 10.0 Å². The molecule has 1 fully saturated rings. The fourth-order valence-corrected chi connectivity index (χ4v) is 4.34. The van der Waals surface area contributed by atoms with Crippen LogP contribution >= 0.6 is 0 Å². The molecular weight excluding hydrogens is 350 g/mol.